The minimum atomic E-state index is -1.03. The number of carbonyl (C=O) groups is 2. The predicted octanol–water partition coefficient (Wildman–Crippen LogP) is 0.358. The Morgan fingerprint density at radius 1 is 1.41 bits per heavy atom. The number of nitrogens with zero attached hydrogens (tertiary/aromatic N) is 3. The highest BCUT2D eigenvalue weighted by atomic mass is 19.1. The molecular weight excluding hydrogens is 390 g/mol. The lowest BCUT2D eigenvalue weighted by atomic mass is 10.1. The molecule has 0 radical (unpaired) electrons. The van der Waals surface area contributed by atoms with E-state index in [-0.39, 0.29) is 24.0 Å². The first-order chi connectivity index (χ1) is 13.8. The Hall–Kier alpha value is -3.34. The number of carbonyl (C=O) groups excluding carboxylic acids is 2. The molecule has 0 aromatic carbocycles. The number of hydrogen-bond acceptors (Lipinski definition) is 6. The van der Waals surface area contributed by atoms with Crippen molar-refractivity contribution in [2.45, 2.75) is 32.3 Å². The highest BCUT2D eigenvalue weighted by Gasteiger charge is 2.42. The van der Waals surface area contributed by atoms with E-state index in [1.54, 1.807) is 6.92 Å². The molecule has 0 aliphatic carbocycles. The van der Waals surface area contributed by atoms with Crippen LogP contribution in [0.15, 0.2) is 23.3 Å². The fourth-order valence-electron chi connectivity index (χ4n) is 3.47. The maximum absolute atomic E-state index is 13.7. The molecule has 1 saturated heterocycles. The van der Waals surface area contributed by atoms with Gasteiger partial charge in [0.1, 0.15) is 17.2 Å². The van der Waals surface area contributed by atoms with Gasteiger partial charge in [0.2, 0.25) is 5.43 Å². The molecule has 9 nitrogen and oxygen atoms in total. The van der Waals surface area contributed by atoms with Crippen molar-refractivity contribution in [3.05, 3.63) is 57.3 Å². The van der Waals surface area contributed by atoms with E-state index in [4.69, 9.17) is 4.74 Å². The van der Waals surface area contributed by atoms with Crippen molar-refractivity contribution in [2.75, 3.05) is 6.61 Å². The summed E-state index contributed by atoms with van der Waals surface area (Å²) in [4.78, 5) is 42.6. The zero-order chi connectivity index (χ0) is 20.9. The highest BCUT2D eigenvalue weighted by molar-refractivity contribution is 5.99. The maximum Gasteiger partial charge on any atom is 0.276 e. The van der Waals surface area contributed by atoms with Gasteiger partial charge < -0.3 is 24.6 Å². The fraction of sp³-hybridized carbons (Fsp3) is 0.333. The van der Waals surface area contributed by atoms with Crippen molar-refractivity contribution in [1.82, 2.24) is 19.8 Å². The normalized spacial score (nSPS) is 20.4. The van der Waals surface area contributed by atoms with Crippen LogP contribution in [-0.2, 0) is 17.8 Å². The molecule has 0 unspecified atom stereocenters. The maximum atomic E-state index is 13.7. The van der Waals surface area contributed by atoms with Crippen molar-refractivity contribution in [2.24, 2.45) is 0 Å². The van der Waals surface area contributed by atoms with Gasteiger partial charge in [-0.2, -0.15) is 0 Å². The van der Waals surface area contributed by atoms with Crippen LogP contribution in [-0.4, -0.2) is 50.2 Å². The number of aromatic nitrogens is 2. The smallest absolute Gasteiger partial charge is 0.276 e. The summed E-state index contributed by atoms with van der Waals surface area (Å²) in [5.74, 6) is -4.12. The minimum absolute atomic E-state index is 0.133. The molecular formula is C18H16F2N4O5. The molecule has 0 bridgehead atoms. The summed E-state index contributed by atoms with van der Waals surface area (Å²) in [5, 5.41) is 12.6. The number of hydrogen-bond donors (Lipinski definition) is 2. The number of halogens is 2. The van der Waals surface area contributed by atoms with Crippen LogP contribution < -0.4 is 10.7 Å². The first-order valence-corrected chi connectivity index (χ1v) is 8.76. The second kappa shape index (κ2) is 6.92. The van der Waals surface area contributed by atoms with E-state index in [1.807, 2.05) is 0 Å². The SMILES string of the molecule is C[C@H]1CO[C@@H]2Cn3cc(C(=O)NCc4ncc(F)cc4F)c(=O)c(O)c3C(=O)N12. The van der Waals surface area contributed by atoms with E-state index >= 15 is 0 Å². The molecule has 2 amide bonds. The van der Waals surface area contributed by atoms with Gasteiger partial charge in [0.05, 0.1) is 37.6 Å². The van der Waals surface area contributed by atoms with Gasteiger partial charge in [-0.1, -0.05) is 0 Å². The molecule has 11 heteroatoms. The molecule has 2 aliphatic rings. The molecule has 0 spiro atoms. The van der Waals surface area contributed by atoms with Crippen molar-refractivity contribution >= 4 is 11.8 Å². The van der Waals surface area contributed by atoms with Crippen LogP contribution in [0.5, 0.6) is 5.75 Å². The van der Waals surface area contributed by atoms with Gasteiger partial charge >= 0.3 is 0 Å². The minimum Gasteiger partial charge on any atom is -0.503 e. The number of ether oxygens (including phenoxy) is 1. The molecule has 2 aromatic heterocycles. The van der Waals surface area contributed by atoms with Gasteiger partial charge in [0.15, 0.2) is 17.7 Å². The Kier molecular flexibility index (Phi) is 4.53. The van der Waals surface area contributed by atoms with Crippen LogP contribution in [0.1, 0.15) is 33.5 Å². The average Bonchev–Trinajstić information content (AvgIpc) is 3.04. The molecule has 4 rings (SSSR count). The lowest BCUT2D eigenvalue weighted by molar-refractivity contribution is 0.00624. The van der Waals surface area contributed by atoms with Crippen molar-refractivity contribution in [1.29, 1.82) is 0 Å². The van der Waals surface area contributed by atoms with E-state index in [9.17, 15) is 28.3 Å². The van der Waals surface area contributed by atoms with Crippen LogP contribution >= 0.6 is 0 Å². The predicted molar refractivity (Wildman–Crippen MR) is 93.1 cm³/mol. The number of aromatic hydroxyl groups is 1. The summed E-state index contributed by atoms with van der Waals surface area (Å²) < 4.78 is 33.4. The standard InChI is InChI=1S/C18H16F2N4O5/c1-8-7-29-13-6-23-5-10(15(25)16(26)14(23)18(28)24(8)13)17(27)22-4-12-11(20)2-9(19)3-21-12/h2-3,5,8,13,26H,4,6-7H2,1H3,(H,22,27)/t8-,13+/m0/s1. The summed E-state index contributed by atoms with van der Waals surface area (Å²) in [6.45, 7) is 1.84. The second-order valence-electron chi connectivity index (χ2n) is 6.84. The van der Waals surface area contributed by atoms with Crippen LogP contribution in [0.3, 0.4) is 0 Å². The number of fused-ring (bicyclic) bond motifs is 2. The van der Waals surface area contributed by atoms with Crippen LogP contribution in [0, 0.1) is 11.6 Å². The molecule has 29 heavy (non-hydrogen) atoms. The zero-order valence-electron chi connectivity index (χ0n) is 15.2. The monoisotopic (exact) mass is 406 g/mol. The Labute approximate surface area is 162 Å². The number of amides is 2. The van der Waals surface area contributed by atoms with Crippen LogP contribution in [0.25, 0.3) is 0 Å². The molecule has 2 aromatic rings. The number of rotatable bonds is 3. The summed E-state index contributed by atoms with van der Waals surface area (Å²) >= 11 is 0. The Balaban J connectivity index is 1.62. The largest absolute Gasteiger partial charge is 0.503 e. The molecule has 0 saturated carbocycles. The van der Waals surface area contributed by atoms with E-state index in [0.717, 1.165) is 12.4 Å². The third kappa shape index (κ3) is 3.12. The topological polar surface area (TPSA) is 114 Å². The fourth-order valence-corrected chi connectivity index (χ4v) is 3.47. The first-order valence-electron chi connectivity index (χ1n) is 8.76. The van der Waals surface area contributed by atoms with Crippen molar-refractivity contribution < 1.29 is 28.2 Å². The summed E-state index contributed by atoms with van der Waals surface area (Å²) in [6, 6.07) is 0.408. The average molecular weight is 406 g/mol. The van der Waals surface area contributed by atoms with Gasteiger partial charge in [-0.15, -0.1) is 0 Å². The first kappa shape index (κ1) is 19.0. The van der Waals surface area contributed by atoms with Gasteiger partial charge in [0, 0.05) is 12.3 Å². The number of nitrogens with one attached hydrogen (secondary N) is 1. The van der Waals surface area contributed by atoms with Crippen LogP contribution in [0.4, 0.5) is 8.78 Å². The quantitative estimate of drug-likeness (QED) is 0.761. The zero-order valence-corrected chi connectivity index (χ0v) is 15.2. The number of pyridine rings is 2. The Morgan fingerprint density at radius 3 is 2.90 bits per heavy atom. The Bertz CT molecular complexity index is 1090. The van der Waals surface area contributed by atoms with Crippen LogP contribution in [0.2, 0.25) is 0 Å². The van der Waals surface area contributed by atoms with Gasteiger partial charge in [-0.05, 0) is 6.92 Å². The lowest BCUT2D eigenvalue weighted by Crippen LogP contribution is -2.49. The van der Waals surface area contributed by atoms with Gasteiger partial charge in [0.25, 0.3) is 11.8 Å². The molecule has 2 N–H and O–H groups in total. The highest BCUT2D eigenvalue weighted by Crippen LogP contribution is 2.29. The summed E-state index contributed by atoms with van der Waals surface area (Å²) in [6.07, 6.45) is 1.38. The molecule has 4 heterocycles. The molecule has 2 aliphatic heterocycles. The summed E-state index contributed by atoms with van der Waals surface area (Å²) in [7, 11) is 0. The lowest BCUT2D eigenvalue weighted by Gasteiger charge is -2.33. The van der Waals surface area contributed by atoms with E-state index in [1.165, 1.54) is 9.47 Å². The van der Waals surface area contributed by atoms with Crippen molar-refractivity contribution in [3.8, 4) is 5.75 Å². The molecule has 2 atom stereocenters. The van der Waals surface area contributed by atoms with E-state index < -0.39 is 53.0 Å². The third-order valence-electron chi connectivity index (χ3n) is 4.91. The third-order valence-corrected chi connectivity index (χ3v) is 4.91. The van der Waals surface area contributed by atoms with E-state index in [0.29, 0.717) is 12.7 Å². The Morgan fingerprint density at radius 2 is 2.17 bits per heavy atom. The van der Waals surface area contributed by atoms with Gasteiger partial charge in [-0.3, -0.25) is 19.4 Å². The second-order valence-corrected chi connectivity index (χ2v) is 6.84. The summed E-state index contributed by atoms with van der Waals surface area (Å²) in [5.41, 5.74) is -1.89. The molecule has 152 valence electrons. The molecule has 1 fully saturated rings. The van der Waals surface area contributed by atoms with E-state index in [2.05, 4.69) is 10.3 Å². The van der Waals surface area contributed by atoms with Crippen molar-refractivity contribution in [3.63, 3.8) is 0 Å². The van der Waals surface area contributed by atoms with Gasteiger partial charge in [-0.25, -0.2) is 8.78 Å².